The number of rotatable bonds is 5. The molecule has 152 valence electrons. The van der Waals surface area contributed by atoms with Crippen molar-refractivity contribution in [3.8, 4) is 5.69 Å². The van der Waals surface area contributed by atoms with Gasteiger partial charge in [-0.2, -0.15) is 0 Å². The zero-order valence-electron chi connectivity index (χ0n) is 16.4. The number of benzene rings is 1. The number of Topliss-reactive ketones (excluding diaryl/α,β-unsaturated/α-hetero) is 1. The first kappa shape index (κ1) is 19.6. The Morgan fingerprint density at radius 3 is 2.59 bits per heavy atom. The third-order valence-electron chi connectivity index (χ3n) is 5.89. The molecule has 2 aliphatic rings. The first-order chi connectivity index (χ1) is 13.6. The molecular weight excluding hydrogens is 397 g/mol. The standard InChI is InChI=1S/C21H21ClFN3O3/c1-11-8-15(12(2)26(11)14-6-7-17(23)16(22)9-14)18(27)10-25-19(28)21(3,13-4-5-13)24-20(25)29/h6-9,13H,4-5,10H2,1-3H3,(H,24,29)/t21-/m1/s1. The second kappa shape index (κ2) is 6.69. The van der Waals surface area contributed by atoms with Gasteiger partial charge in [-0.1, -0.05) is 11.6 Å². The topological polar surface area (TPSA) is 71.4 Å². The molecule has 1 aromatic carbocycles. The molecule has 6 nitrogen and oxygen atoms in total. The Hall–Kier alpha value is -2.67. The SMILES string of the molecule is Cc1cc(C(=O)CN2C(=O)N[C@](C)(C3CC3)C2=O)c(C)n1-c1ccc(F)c(Cl)c1. The number of hydrogen-bond donors (Lipinski definition) is 1. The second-order valence-electron chi connectivity index (χ2n) is 7.94. The maximum absolute atomic E-state index is 13.5. The Bertz CT molecular complexity index is 1060. The molecule has 1 N–H and O–H groups in total. The summed E-state index contributed by atoms with van der Waals surface area (Å²) in [7, 11) is 0. The zero-order valence-corrected chi connectivity index (χ0v) is 17.1. The summed E-state index contributed by atoms with van der Waals surface area (Å²) in [4.78, 5) is 39.1. The predicted octanol–water partition coefficient (Wildman–Crippen LogP) is 3.79. The smallest absolute Gasteiger partial charge is 0.323 e. The number of halogens is 2. The Morgan fingerprint density at radius 1 is 1.28 bits per heavy atom. The Labute approximate surface area is 172 Å². The predicted molar refractivity (Wildman–Crippen MR) is 106 cm³/mol. The van der Waals surface area contributed by atoms with Crippen LogP contribution in [0, 0.1) is 25.6 Å². The summed E-state index contributed by atoms with van der Waals surface area (Å²) in [5, 5.41) is 2.73. The van der Waals surface area contributed by atoms with Crippen LogP contribution in [-0.4, -0.2) is 39.3 Å². The van der Waals surface area contributed by atoms with Crippen molar-refractivity contribution in [1.29, 1.82) is 0 Å². The lowest BCUT2D eigenvalue weighted by Gasteiger charge is -2.20. The molecule has 4 rings (SSSR count). The molecule has 2 heterocycles. The third kappa shape index (κ3) is 3.13. The summed E-state index contributed by atoms with van der Waals surface area (Å²) in [6, 6.07) is 5.51. The molecule has 2 fully saturated rings. The third-order valence-corrected chi connectivity index (χ3v) is 6.18. The van der Waals surface area contributed by atoms with E-state index in [0.717, 1.165) is 23.4 Å². The zero-order chi connectivity index (χ0) is 21.1. The fourth-order valence-electron chi connectivity index (χ4n) is 4.09. The van der Waals surface area contributed by atoms with E-state index in [4.69, 9.17) is 11.6 Å². The average molecular weight is 418 g/mol. The molecule has 2 aromatic rings. The molecule has 1 aromatic heterocycles. The maximum atomic E-state index is 13.5. The number of carbonyl (C=O) groups is 3. The Kier molecular flexibility index (Phi) is 4.53. The fraction of sp³-hybridized carbons (Fsp3) is 0.381. The molecule has 0 radical (unpaired) electrons. The molecule has 1 aliphatic heterocycles. The van der Waals surface area contributed by atoms with E-state index in [-0.39, 0.29) is 29.2 Å². The van der Waals surface area contributed by atoms with Crippen LogP contribution in [0.3, 0.4) is 0 Å². The minimum atomic E-state index is -0.918. The van der Waals surface area contributed by atoms with Crippen molar-refractivity contribution in [3.63, 3.8) is 0 Å². The van der Waals surface area contributed by atoms with Crippen LogP contribution in [0.25, 0.3) is 5.69 Å². The quantitative estimate of drug-likeness (QED) is 0.594. The van der Waals surface area contributed by atoms with Crippen molar-refractivity contribution in [2.75, 3.05) is 6.54 Å². The van der Waals surface area contributed by atoms with Crippen LogP contribution in [0.15, 0.2) is 24.3 Å². The summed E-state index contributed by atoms with van der Waals surface area (Å²) in [5.41, 5.74) is 1.50. The van der Waals surface area contributed by atoms with Crippen molar-refractivity contribution in [3.05, 3.63) is 52.1 Å². The fourth-order valence-corrected chi connectivity index (χ4v) is 4.27. The number of urea groups is 1. The van der Waals surface area contributed by atoms with Gasteiger partial charge in [0.25, 0.3) is 5.91 Å². The van der Waals surface area contributed by atoms with E-state index < -0.39 is 17.4 Å². The van der Waals surface area contributed by atoms with Crippen molar-refractivity contribution < 1.29 is 18.8 Å². The number of aromatic nitrogens is 1. The van der Waals surface area contributed by atoms with Crippen molar-refractivity contribution in [2.45, 2.75) is 39.2 Å². The largest absolute Gasteiger partial charge is 0.325 e. The van der Waals surface area contributed by atoms with Crippen molar-refractivity contribution in [1.82, 2.24) is 14.8 Å². The first-order valence-electron chi connectivity index (χ1n) is 9.45. The monoisotopic (exact) mass is 417 g/mol. The van der Waals surface area contributed by atoms with E-state index in [0.29, 0.717) is 16.9 Å². The average Bonchev–Trinajstić information content (AvgIpc) is 3.44. The van der Waals surface area contributed by atoms with Gasteiger partial charge in [-0.25, -0.2) is 9.18 Å². The van der Waals surface area contributed by atoms with Gasteiger partial charge in [0.15, 0.2) is 5.78 Å². The van der Waals surface area contributed by atoms with E-state index in [1.165, 1.54) is 12.1 Å². The van der Waals surface area contributed by atoms with Crippen molar-refractivity contribution in [2.24, 2.45) is 5.92 Å². The minimum absolute atomic E-state index is 0.0124. The van der Waals surface area contributed by atoms with Crippen LogP contribution in [0.1, 0.15) is 41.5 Å². The number of nitrogens with one attached hydrogen (secondary N) is 1. The number of amides is 3. The van der Waals surface area contributed by atoms with E-state index in [1.807, 2.05) is 6.92 Å². The molecule has 0 bridgehead atoms. The van der Waals surface area contributed by atoms with Crippen LogP contribution >= 0.6 is 11.6 Å². The molecule has 8 heteroatoms. The molecule has 1 aliphatic carbocycles. The molecule has 1 atom stereocenters. The summed E-state index contributed by atoms with van der Waals surface area (Å²) in [6.07, 6.45) is 1.79. The van der Waals surface area contributed by atoms with Crippen LogP contribution in [0.5, 0.6) is 0 Å². The number of hydrogen-bond acceptors (Lipinski definition) is 3. The van der Waals surface area contributed by atoms with Gasteiger partial charge in [0, 0.05) is 22.6 Å². The van der Waals surface area contributed by atoms with Gasteiger partial charge in [-0.05, 0) is 63.8 Å². The maximum Gasteiger partial charge on any atom is 0.325 e. The highest BCUT2D eigenvalue weighted by Gasteiger charge is 2.56. The molecule has 3 amide bonds. The van der Waals surface area contributed by atoms with E-state index in [1.54, 1.807) is 30.5 Å². The molecule has 1 saturated carbocycles. The molecule has 29 heavy (non-hydrogen) atoms. The summed E-state index contributed by atoms with van der Waals surface area (Å²) >= 11 is 5.90. The van der Waals surface area contributed by atoms with E-state index in [2.05, 4.69) is 5.32 Å². The van der Waals surface area contributed by atoms with Crippen LogP contribution in [-0.2, 0) is 4.79 Å². The lowest BCUT2D eigenvalue weighted by atomic mass is 9.96. The van der Waals surface area contributed by atoms with Gasteiger partial charge in [0.1, 0.15) is 11.4 Å². The Morgan fingerprint density at radius 2 is 1.97 bits per heavy atom. The number of nitrogens with zero attached hydrogens (tertiary/aromatic N) is 2. The number of aryl methyl sites for hydroxylation is 1. The highest BCUT2D eigenvalue weighted by Crippen LogP contribution is 2.42. The summed E-state index contributed by atoms with van der Waals surface area (Å²) in [6.45, 7) is 4.98. The number of imide groups is 1. The van der Waals surface area contributed by atoms with E-state index >= 15 is 0 Å². The van der Waals surface area contributed by atoms with Gasteiger partial charge in [-0.15, -0.1) is 0 Å². The summed E-state index contributed by atoms with van der Waals surface area (Å²) < 4.78 is 15.3. The normalized spacial score (nSPS) is 21.6. The van der Waals surface area contributed by atoms with Gasteiger partial charge in [0.2, 0.25) is 0 Å². The summed E-state index contributed by atoms with van der Waals surface area (Å²) in [5.74, 6) is -1.07. The molecule has 0 unspecified atom stereocenters. The highest BCUT2D eigenvalue weighted by molar-refractivity contribution is 6.30. The number of carbonyl (C=O) groups excluding carboxylic acids is 3. The Balaban J connectivity index is 1.61. The minimum Gasteiger partial charge on any atom is -0.323 e. The lowest BCUT2D eigenvalue weighted by molar-refractivity contribution is -0.131. The second-order valence-corrected chi connectivity index (χ2v) is 8.35. The highest BCUT2D eigenvalue weighted by atomic mass is 35.5. The first-order valence-corrected chi connectivity index (χ1v) is 9.83. The van der Waals surface area contributed by atoms with Crippen molar-refractivity contribution >= 4 is 29.3 Å². The van der Waals surface area contributed by atoms with Gasteiger partial charge in [0.05, 0.1) is 11.6 Å². The lowest BCUT2D eigenvalue weighted by Crippen LogP contribution is -2.46. The van der Waals surface area contributed by atoms with E-state index in [9.17, 15) is 18.8 Å². The van der Waals surface area contributed by atoms with Gasteiger partial charge in [-0.3, -0.25) is 14.5 Å². The van der Waals surface area contributed by atoms with Crippen LogP contribution < -0.4 is 5.32 Å². The van der Waals surface area contributed by atoms with Crippen LogP contribution in [0.4, 0.5) is 9.18 Å². The van der Waals surface area contributed by atoms with Gasteiger partial charge >= 0.3 is 6.03 Å². The molecule has 0 spiro atoms. The van der Waals surface area contributed by atoms with Gasteiger partial charge < -0.3 is 9.88 Å². The molecular formula is C21H21ClFN3O3. The number of ketones is 1. The van der Waals surface area contributed by atoms with Crippen LogP contribution in [0.2, 0.25) is 5.02 Å². The molecule has 1 saturated heterocycles.